The van der Waals surface area contributed by atoms with Gasteiger partial charge in [0.1, 0.15) is 5.82 Å². The molecular formula is C15H11ClFN3O. The highest BCUT2D eigenvalue weighted by Gasteiger charge is 2.07. The third kappa shape index (κ3) is 3.03. The van der Waals surface area contributed by atoms with Crippen LogP contribution in [0.3, 0.4) is 0 Å². The normalized spacial score (nSPS) is 10.8. The van der Waals surface area contributed by atoms with Crippen molar-refractivity contribution < 1.29 is 9.18 Å². The molecule has 6 heteroatoms. The molecule has 1 amide bonds. The number of nitrogens with zero attached hydrogens (tertiary/aromatic N) is 1. The number of aromatic nitrogens is 2. The Hall–Kier alpha value is -2.40. The second-order valence-electron chi connectivity index (χ2n) is 4.61. The number of carbonyl (C=O) groups is 1. The molecule has 2 N–H and O–H groups in total. The Morgan fingerprint density at radius 3 is 2.95 bits per heavy atom. The second-order valence-corrected chi connectivity index (χ2v) is 5.02. The van der Waals surface area contributed by atoms with Crippen molar-refractivity contribution in [2.24, 2.45) is 0 Å². The fourth-order valence-corrected chi connectivity index (χ4v) is 2.24. The summed E-state index contributed by atoms with van der Waals surface area (Å²) in [5, 5.41) is 2.66. The van der Waals surface area contributed by atoms with Gasteiger partial charge in [-0.05, 0) is 35.9 Å². The van der Waals surface area contributed by atoms with Crippen molar-refractivity contribution in [2.45, 2.75) is 6.42 Å². The molecule has 1 heterocycles. The van der Waals surface area contributed by atoms with Crippen molar-refractivity contribution in [3.8, 4) is 0 Å². The summed E-state index contributed by atoms with van der Waals surface area (Å²) in [6.07, 6.45) is 1.82. The predicted octanol–water partition coefficient (Wildman–Crippen LogP) is 3.54. The lowest BCUT2D eigenvalue weighted by Crippen LogP contribution is -2.14. The third-order valence-electron chi connectivity index (χ3n) is 3.05. The van der Waals surface area contributed by atoms with Crippen molar-refractivity contribution in [1.82, 2.24) is 9.97 Å². The third-order valence-corrected chi connectivity index (χ3v) is 3.34. The predicted molar refractivity (Wildman–Crippen MR) is 79.8 cm³/mol. The maximum atomic E-state index is 13.0. The van der Waals surface area contributed by atoms with E-state index in [0.717, 1.165) is 16.6 Å². The first kappa shape index (κ1) is 13.6. The number of nitrogens with one attached hydrogen (secondary N) is 2. The first-order valence-corrected chi connectivity index (χ1v) is 6.66. The average Bonchev–Trinajstić information content (AvgIpc) is 2.90. The maximum absolute atomic E-state index is 13.0. The van der Waals surface area contributed by atoms with Crippen molar-refractivity contribution >= 4 is 34.2 Å². The summed E-state index contributed by atoms with van der Waals surface area (Å²) in [5.74, 6) is -0.712. The number of carbonyl (C=O) groups excluding carboxylic acids is 1. The standard InChI is InChI=1S/C15H11ClFN3O/c16-11-7-10(2-3-12(11)17)20-15(21)6-9-1-4-13-14(5-9)19-8-18-13/h1-5,7-8H,6H2,(H,18,19)(H,20,21). The fraction of sp³-hybridized carbons (Fsp3) is 0.0667. The van der Waals surface area contributed by atoms with Crippen LogP contribution >= 0.6 is 11.6 Å². The summed E-state index contributed by atoms with van der Waals surface area (Å²) in [5.41, 5.74) is 3.06. The zero-order chi connectivity index (χ0) is 14.8. The summed E-state index contributed by atoms with van der Waals surface area (Å²) in [6, 6.07) is 9.64. The SMILES string of the molecule is O=C(Cc1ccc2nc[nH]c2c1)Nc1ccc(F)c(Cl)c1. The molecule has 0 fully saturated rings. The van der Waals surface area contributed by atoms with Gasteiger partial charge in [0.2, 0.25) is 5.91 Å². The topological polar surface area (TPSA) is 57.8 Å². The fourth-order valence-electron chi connectivity index (χ4n) is 2.06. The van der Waals surface area contributed by atoms with Crippen LogP contribution in [0.25, 0.3) is 11.0 Å². The van der Waals surface area contributed by atoms with Gasteiger partial charge in [-0.1, -0.05) is 17.7 Å². The van der Waals surface area contributed by atoms with Gasteiger partial charge in [0.25, 0.3) is 0 Å². The summed E-state index contributed by atoms with van der Waals surface area (Å²) in [7, 11) is 0. The number of H-pyrrole nitrogens is 1. The molecule has 0 atom stereocenters. The molecule has 106 valence electrons. The van der Waals surface area contributed by atoms with Gasteiger partial charge < -0.3 is 10.3 Å². The van der Waals surface area contributed by atoms with E-state index in [1.54, 1.807) is 6.33 Å². The highest BCUT2D eigenvalue weighted by atomic mass is 35.5. The van der Waals surface area contributed by atoms with E-state index in [1.165, 1.54) is 18.2 Å². The summed E-state index contributed by atoms with van der Waals surface area (Å²) in [6.45, 7) is 0. The molecule has 0 aliphatic rings. The zero-order valence-corrected chi connectivity index (χ0v) is 11.6. The highest BCUT2D eigenvalue weighted by Crippen LogP contribution is 2.19. The minimum absolute atomic E-state index is 0.0216. The van der Waals surface area contributed by atoms with Crippen LogP contribution < -0.4 is 5.32 Å². The van der Waals surface area contributed by atoms with Gasteiger partial charge in [-0.15, -0.1) is 0 Å². The molecule has 21 heavy (non-hydrogen) atoms. The van der Waals surface area contributed by atoms with Crippen molar-refractivity contribution in [2.75, 3.05) is 5.32 Å². The van der Waals surface area contributed by atoms with Crippen LogP contribution in [0.2, 0.25) is 5.02 Å². The molecule has 1 aromatic heterocycles. The molecule has 2 aromatic carbocycles. The number of hydrogen-bond acceptors (Lipinski definition) is 2. The lowest BCUT2D eigenvalue weighted by molar-refractivity contribution is -0.115. The highest BCUT2D eigenvalue weighted by molar-refractivity contribution is 6.31. The number of halogens is 2. The monoisotopic (exact) mass is 303 g/mol. The van der Waals surface area contributed by atoms with Crippen LogP contribution in [0.4, 0.5) is 10.1 Å². The summed E-state index contributed by atoms with van der Waals surface area (Å²) < 4.78 is 13.0. The molecule has 0 bridgehead atoms. The largest absolute Gasteiger partial charge is 0.345 e. The van der Waals surface area contributed by atoms with Crippen LogP contribution in [0.15, 0.2) is 42.7 Å². The number of benzene rings is 2. The smallest absolute Gasteiger partial charge is 0.228 e. The van der Waals surface area contributed by atoms with Gasteiger partial charge in [0.05, 0.1) is 28.8 Å². The van der Waals surface area contributed by atoms with E-state index in [1.807, 2.05) is 18.2 Å². The van der Waals surface area contributed by atoms with E-state index in [4.69, 9.17) is 11.6 Å². The molecule has 0 unspecified atom stereocenters. The van der Waals surface area contributed by atoms with E-state index < -0.39 is 5.82 Å². The Bertz CT molecular complexity index is 816. The number of aromatic amines is 1. The number of anilines is 1. The molecule has 0 aliphatic carbocycles. The van der Waals surface area contributed by atoms with Gasteiger partial charge in [-0.25, -0.2) is 9.37 Å². The van der Waals surface area contributed by atoms with E-state index >= 15 is 0 Å². The van der Waals surface area contributed by atoms with Crippen molar-refractivity contribution in [1.29, 1.82) is 0 Å². The quantitative estimate of drug-likeness (QED) is 0.777. The molecule has 0 aliphatic heterocycles. The Balaban J connectivity index is 1.71. The molecule has 0 radical (unpaired) electrons. The molecular weight excluding hydrogens is 293 g/mol. The number of amides is 1. The Labute approximate surface area is 125 Å². The van der Waals surface area contributed by atoms with Crippen molar-refractivity contribution in [3.05, 3.63) is 59.1 Å². The van der Waals surface area contributed by atoms with Gasteiger partial charge >= 0.3 is 0 Å². The lowest BCUT2D eigenvalue weighted by atomic mass is 10.1. The van der Waals surface area contributed by atoms with Gasteiger partial charge in [-0.2, -0.15) is 0 Å². The van der Waals surface area contributed by atoms with Crippen LogP contribution in [-0.2, 0) is 11.2 Å². The van der Waals surface area contributed by atoms with Crippen LogP contribution in [0, 0.1) is 5.82 Å². The first-order chi connectivity index (χ1) is 10.1. The molecule has 3 rings (SSSR count). The molecule has 0 saturated heterocycles. The summed E-state index contributed by atoms with van der Waals surface area (Å²) >= 11 is 5.67. The Kier molecular flexibility index (Phi) is 3.58. The van der Waals surface area contributed by atoms with Gasteiger partial charge in [0.15, 0.2) is 0 Å². The van der Waals surface area contributed by atoms with Crippen LogP contribution in [0.5, 0.6) is 0 Å². The zero-order valence-electron chi connectivity index (χ0n) is 10.9. The average molecular weight is 304 g/mol. The molecule has 0 saturated carbocycles. The number of rotatable bonds is 3. The number of fused-ring (bicyclic) bond motifs is 1. The first-order valence-electron chi connectivity index (χ1n) is 6.29. The van der Waals surface area contributed by atoms with E-state index in [2.05, 4.69) is 15.3 Å². The van der Waals surface area contributed by atoms with Crippen LogP contribution in [-0.4, -0.2) is 15.9 Å². The summed E-state index contributed by atoms with van der Waals surface area (Å²) in [4.78, 5) is 19.1. The lowest BCUT2D eigenvalue weighted by Gasteiger charge is -2.06. The van der Waals surface area contributed by atoms with E-state index in [9.17, 15) is 9.18 Å². The van der Waals surface area contributed by atoms with Crippen LogP contribution in [0.1, 0.15) is 5.56 Å². The number of hydrogen-bond donors (Lipinski definition) is 2. The van der Waals surface area contributed by atoms with Gasteiger partial charge in [-0.3, -0.25) is 4.79 Å². The Morgan fingerprint density at radius 1 is 1.29 bits per heavy atom. The minimum atomic E-state index is -0.514. The minimum Gasteiger partial charge on any atom is -0.345 e. The second kappa shape index (κ2) is 5.54. The maximum Gasteiger partial charge on any atom is 0.228 e. The molecule has 0 spiro atoms. The van der Waals surface area contributed by atoms with Crippen molar-refractivity contribution in [3.63, 3.8) is 0 Å². The van der Waals surface area contributed by atoms with Gasteiger partial charge in [0, 0.05) is 5.69 Å². The van der Waals surface area contributed by atoms with E-state index in [0.29, 0.717) is 5.69 Å². The van der Waals surface area contributed by atoms with E-state index in [-0.39, 0.29) is 17.4 Å². The molecule has 3 aromatic rings. The number of imidazole rings is 1. The Morgan fingerprint density at radius 2 is 2.14 bits per heavy atom. The molecule has 4 nitrogen and oxygen atoms in total.